The molecule has 1 saturated heterocycles. The van der Waals surface area contributed by atoms with E-state index in [1.54, 1.807) is 43.1 Å². The van der Waals surface area contributed by atoms with Crippen LogP contribution in [0.4, 0.5) is 17.1 Å². The fraction of sp³-hybridized carbons (Fsp3) is 0.194. The molecule has 1 N–H and O–H groups in total. The molecule has 7 nitrogen and oxygen atoms in total. The van der Waals surface area contributed by atoms with Crippen LogP contribution < -0.4 is 15.1 Å². The minimum atomic E-state index is -1.06. The number of hydrogen-bond acceptors (Lipinski definition) is 6. The number of anilines is 3. The first-order valence-electron chi connectivity index (χ1n) is 14.6. The van der Waals surface area contributed by atoms with Gasteiger partial charge in [-0.3, -0.25) is 9.79 Å². The summed E-state index contributed by atoms with van der Waals surface area (Å²) in [5.41, 5.74) is 5.53. The number of carbonyl (C=O) groups excluding carboxylic acids is 1. The number of ether oxygens (including phenoxy) is 1. The fourth-order valence-electron chi connectivity index (χ4n) is 5.86. The SMILES string of the molecule is C=C(/C(Nc1ccc(N2CCOCC2)c2ccccc12)=C(\C)C#N)C1N=C(c2ccccc2Cl)c2cc(Cl)ccc2N(C)C1=O. The highest BCUT2D eigenvalue weighted by molar-refractivity contribution is 6.37. The first-order valence-corrected chi connectivity index (χ1v) is 15.4. The van der Waals surface area contributed by atoms with Crippen molar-refractivity contribution in [2.45, 2.75) is 13.0 Å². The fourth-order valence-corrected chi connectivity index (χ4v) is 6.25. The number of likely N-dealkylation sites (N-methyl/N-ethyl adjacent to an activating group) is 1. The molecule has 1 atom stereocenters. The van der Waals surface area contributed by atoms with Crippen molar-refractivity contribution >= 4 is 62.7 Å². The zero-order chi connectivity index (χ0) is 31.7. The Kier molecular flexibility index (Phi) is 8.64. The number of rotatable bonds is 6. The van der Waals surface area contributed by atoms with Gasteiger partial charge in [0.15, 0.2) is 6.04 Å². The lowest BCUT2D eigenvalue weighted by molar-refractivity contribution is -0.118. The lowest BCUT2D eigenvalue weighted by atomic mass is 9.98. The molecule has 2 aliphatic heterocycles. The van der Waals surface area contributed by atoms with Crippen molar-refractivity contribution in [1.82, 2.24) is 0 Å². The summed E-state index contributed by atoms with van der Waals surface area (Å²) in [5.74, 6) is -0.303. The number of halogens is 2. The van der Waals surface area contributed by atoms with Crippen molar-refractivity contribution in [3.63, 3.8) is 0 Å². The van der Waals surface area contributed by atoms with Gasteiger partial charge in [-0.15, -0.1) is 0 Å². The lowest BCUT2D eigenvalue weighted by Crippen LogP contribution is -2.37. The number of nitrogens with one attached hydrogen (secondary N) is 1. The maximum atomic E-state index is 14.1. The predicted molar refractivity (Wildman–Crippen MR) is 184 cm³/mol. The molecule has 2 heterocycles. The van der Waals surface area contributed by atoms with E-state index in [0.29, 0.717) is 62.6 Å². The van der Waals surface area contributed by atoms with E-state index in [9.17, 15) is 10.1 Å². The van der Waals surface area contributed by atoms with Crippen LogP contribution in [0.3, 0.4) is 0 Å². The van der Waals surface area contributed by atoms with Crippen LogP contribution in [0.2, 0.25) is 10.0 Å². The van der Waals surface area contributed by atoms with Gasteiger partial charge in [-0.05, 0) is 43.3 Å². The molecule has 9 heteroatoms. The number of aliphatic imine (C=N–C) groups is 1. The molecule has 0 radical (unpaired) electrons. The van der Waals surface area contributed by atoms with Crippen molar-refractivity contribution in [3.05, 3.63) is 123 Å². The van der Waals surface area contributed by atoms with E-state index in [4.69, 9.17) is 32.9 Å². The summed E-state index contributed by atoms with van der Waals surface area (Å²) in [6, 6.07) is 26.1. The van der Waals surface area contributed by atoms with Gasteiger partial charge in [-0.2, -0.15) is 5.26 Å². The third kappa shape index (κ3) is 5.81. The van der Waals surface area contributed by atoms with Gasteiger partial charge in [0.05, 0.1) is 42.0 Å². The van der Waals surface area contributed by atoms with Gasteiger partial charge in [-0.1, -0.05) is 72.2 Å². The number of benzodiazepines with no additional fused rings is 1. The van der Waals surface area contributed by atoms with E-state index in [-0.39, 0.29) is 5.91 Å². The van der Waals surface area contributed by atoms with E-state index >= 15 is 0 Å². The molecule has 1 unspecified atom stereocenters. The van der Waals surface area contributed by atoms with Crippen LogP contribution in [-0.4, -0.2) is 51.0 Å². The van der Waals surface area contributed by atoms with Crippen LogP contribution in [0.5, 0.6) is 0 Å². The van der Waals surface area contributed by atoms with Crippen LogP contribution >= 0.6 is 23.2 Å². The van der Waals surface area contributed by atoms with Crippen LogP contribution in [0.1, 0.15) is 18.1 Å². The summed E-state index contributed by atoms with van der Waals surface area (Å²) in [7, 11) is 1.70. The molecule has 0 saturated carbocycles. The second-order valence-electron chi connectivity index (χ2n) is 11.0. The largest absolute Gasteiger partial charge is 0.378 e. The average Bonchev–Trinajstić information content (AvgIpc) is 3.17. The van der Waals surface area contributed by atoms with Crippen molar-refractivity contribution in [2.24, 2.45) is 4.99 Å². The Morgan fingerprint density at radius 2 is 1.67 bits per heavy atom. The molecule has 45 heavy (non-hydrogen) atoms. The van der Waals surface area contributed by atoms with Gasteiger partial charge in [-0.25, -0.2) is 0 Å². The van der Waals surface area contributed by atoms with Gasteiger partial charge in [0.1, 0.15) is 0 Å². The predicted octanol–water partition coefficient (Wildman–Crippen LogP) is 7.63. The first-order chi connectivity index (χ1) is 21.8. The van der Waals surface area contributed by atoms with E-state index < -0.39 is 6.04 Å². The minimum Gasteiger partial charge on any atom is -0.378 e. The topological polar surface area (TPSA) is 81.0 Å². The highest BCUT2D eigenvalue weighted by atomic mass is 35.5. The molecule has 6 rings (SSSR count). The Morgan fingerprint density at radius 1 is 0.978 bits per heavy atom. The molecule has 226 valence electrons. The number of morpholine rings is 1. The van der Waals surface area contributed by atoms with Gasteiger partial charge >= 0.3 is 0 Å². The summed E-state index contributed by atoms with van der Waals surface area (Å²) < 4.78 is 5.57. The van der Waals surface area contributed by atoms with Crippen LogP contribution in [-0.2, 0) is 9.53 Å². The molecule has 0 spiro atoms. The molecular formula is C36H31Cl2N5O2. The third-order valence-corrected chi connectivity index (χ3v) is 8.80. The first kappa shape index (κ1) is 30.4. The smallest absolute Gasteiger partial charge is 0.256 e. The van der Waals surface area contributed by atoms with Gasteiger partial charge < -0.3 is 19.9 Å². The summed E-state index contributed by atoms with van der Waals surface area (Å²) in [6.07, 6.45) is 0. The molecule has 2 aliphatic rings. The van der Waals surface area contributed by atoms with Crippen molar-refractivity contribution < 1.29 is 9.53 Å². The number of hydrogen-bond donors (Lipinski definition) is 1. The Balaban J connectivity index is 1.46. The number of carbonyl (C=O) groups is 1. The Hall–Kier alpha value is -4.61. The number of allylic oxidation sites excluding steroid dienone is 1. The molecule has 4 aromatic carbocycles. The zero-order valence-electron chi connectivity index (χ0n) is 25.0. The van der Waals surface area contributed by atoms with Gasteiger partial charge in [0.25, 0.3) is 5.91 Å². The van der Waals surface area contributed by atoms with Crippen molar-refractivity contribution in [3.8, 4) is 6.07 Å². The standard InChI is InChI=1S/C36H31Cl2N5O2/c1-22(21-39)33(40-30-13-15-32(43-16-18-45-19-17-43)26-9-5-4-8-25(26)30)23(2)34-36(44)42(3)31-14-12-24(37)20-28(31)35(41-34)27-10-6-7-11-29(27)38/h4-15,20,34,40H,2,16-19H2,1,3H3/b33-22-. The Labute approximate surface area is 272 Å². The molecule has 1 amide bonds. The van der Waals surface area contributed by atoms with Crippen molar-refractivity contribution in [1.29, 1.82) is 5.26 Å². The summed E-state index contributed by atoms with van der Waals surface area (Å²) in [4.78, 5) is 23.0. The maximum absolute atomic E-state index is 14.1. The average molecular weight is 637 g/mol. The summed E-state index contributed by atoms with van der Waals surface area (Å²) in [5, 5.41) is 16.6. The number of fused-ring (bicyclic) bond motifs is 2. The number of benzene rings is 4. The van der Waals surface area contributed by atoms with Gasteiger partial charge in [0.2, 0.25) is 0 Å². The summed E-state index contributed by atoms with van der Waals surface area (Å²) >= 11 is 13.1. The lowest BCUT2D eigenvalue weighted by Gasteiger charge is -2.30. The number of nitriles is 1. The Bertz CT molecular complexity index is 1940. The maximum Gasteiger partial charge on any atom is 0.256 e. The Morgan fingerprint density at radius 3 is 2.40 bits per heavy atom. The van der Waals surface area contributed by atoms with Gasteiger partial charge in [0, 0.05) is 69.0 Å². The van der Waals surface area contributed by atoms with E-state index in [1.807, 2.05) is 42.5 Å². The zero-order valence-corrected chi connectivity index (χ0v) is 26.5. The monoisotopic (exact) mass is 635 g/mol. The van der Waals surface area contributed by atoms with E-state index in [2.05, 4.69) is 35.0 Å². The second-order valence-corrected chi connectivity index (χ2v) is 11.8. The molecular weight excluding hydrogens is 605 g/mol. The van der Waals surface area contributed by atoms with Crippen LogP contribution in [0.15, 0.2) is 107 Å². The number of amides is 1. The minimum absolute atomic E-state index is 0.303. The summed E-state index contributed by atoms with van der Waals surface area (Å²) in [6.45, 7) is 9.05. The van der Waals surface area contributed by atoms with Crippen LogP contribution in [0, 0.1) is 11.3 Å². The highest BCUT2D eigenvalue weighted by Gasteiger charge is 2.34. The van der Waals surface area contributed by atoms with E-state index in [1.165, 1.54) is 0 Å². The number of nitrogens with zero attached hydrogens (tertiary/aromatic N) is 4. The third-order valence-electron chi connectivity index (χ3n) is 8.23. The van der Waals surface area contributed by atoms with Crippen molar-refractivity contribution in [2.75, 3.05) is 48.5 Å². The molecule has 1 fully saturated rings. The van der Waals surface area contributed by atoms with Crippen LogP contribution in [0.25, 0.3) is 10.8 Å². The molecule has 0 aliphatic carbocycles. The highest BCUT2D eigenvalue weighted by Crippen LogP contribution is 2.37. The molecule has 0 aromatic heterocycles. The second kappa shape index (κ2) is 12.8. The molecule has 4 aromatic rings. The normalized spacial score (nSPS) is 17.2. The van der Waals surface area contributed by atoms with E-state index in [0.717, 1.165) is 35.2 Å². The molecule has 0 bridgehead atoms. The quantitative estimate of drug-likeness (QED) is 0.174.